The lowest BCUT2D eigenvalue weighted by atomic mass is 9.70. The molecule has 1 aliphatic rings. The summed E-state index contributed by atoms with van der Waals surface area (Å²) in [7, 11) is 0. The lowest BCUT2D eigenvalue weighted by Gasteiger charge is -2.39. The molecule has 0 amide bonds. The van der Waals surface area contributed by atoms with Crippen LogP contribution in [0.4, 0.5) is 0 Å². The van der Waals surface area contributed by atoms with Gasteiger partial charge in [-0.3, -0.25) is 0 Å². The second kappa shape index (κ2) is 5.44. The average Bonchev–Trinajstić information content (AvgIpc) is 2.41. The predicted octanol–water partition coefficient (Wildman–Crippen LogP) is 4.60. The van der Waals surface area contributed by atoms with Crippen molar-refractivity contribution in [3.05, 3.63) is 35.4 Å². The van der Waals surface area contributed by atoms with Crippen LogP contribution in [-0.4, -0.2) is 5.11 Å². The van der Waals surface area contributed by atoms with Crippen molar-refractivity contribution < 1.29 is 5.11 Å². The molecule has 0 radical (unpaired) electrons. The van der Waals surface area contributed by atoms with Crippen LogP contribution >= 0.6 is 0 Å². The summed E-state index contributed by atoms with van der Waals surface area (Å²) in [6.07, 6.45) is 5.27. The van der Waals surface area contributed by atoms with Crippen LogP contribution in [0.3, 0.4) is 0 Å². The predicted molar refractivity (Wildman–Crippen MR) is 76.7 cm³/mol. The third kappa shape index (κ3) is 2.47. The van der Waals surface area contributed by atoms with Crippen molar-refractivity contribution in [2.24, 2.45) is 5.92 Å². The van der Waals surface area contributed by atoms with E-state index in [1.807, 2.05) is 0 Å². The highest BCUT2D eigenvalue weighted by Gasteiger charge is 2.37. The van der Waals surface area contributed by atoms with E-state index in [0.29, 0.717) is 11.8 Å². The van der Waals surface area contributed by atoms with Gasteiger partial charge < -0.3 is 5.11 Å². The second-order valence-electron chi connectivity index (χ2n) is 5.95. The summed E-state index contributed by atoms with van der Waals surface area (Å²) in [5.41, 5.74) is 1.97. The summed E-state index contributed by atoms with van der Waals surface area (Å²) in [4.78, 5) is 0. The van der Waals surface area contributed by atoms with Gasteiger partial charge in [0, 0.05) is 0 Å². The van der Waals surface area contributed by atoms with Crippen molar-refractivity contribution in [2.75, 3.05) is 0 Å². The molecule has 18 heavy (non-hydrogen) atoms. The van der Waals surface area contributed by atoms with Crippen LogP contribution in [-0.2, 0) is 5.60 Å². The maximum Gasteiger partial charge on any atom is 0.0902 e. The topological polar surface area (TPSA) is 20.2 Å². The van der Waals surface area contributed by atoms with Gasteiger partial charge in [0.2, 0.25) is 0 Å². The minimum atomic E-state index is -0.584. The SMILES string of the molecule is CCC(CC)CC1(O)CCC(C)c2ccccc21. The Morgan fingerprint density at radius 1 is 1.28 bits per heavy atom. The molecule has 2 atom stereocenters. The van der Waals surface area contributed by atoms with Crippen molar-refractivity contribution in [1.82, 2.24) is 0 Å². The Balaban J connectivity index is 2.31. The molecule has 1 aliphatic carbocycles. The number of fused-ring (bicyclic) bond motifs is 1. The summed E-state index contributed by atoms with van der Waals surface area (Å²) in [5, 5.41) is 11.1. The molecule has 2 unspecified atom stereocenters. The average molecular weight is 246 g/mol. The van der Waals surface area contributed by atoms with E-state index in [4.69, 9.17) is 0 Å². The van der Waals surface area contributed by atoms with E-state index in [2.05, 4.69) is 45.0 Å². The highest BCUT2D eigenvalue weighted by Crippen LogP contribution is 2.45. The smallest absolute Gasteiger partial charge is 0.0902 e. The van der Waals surface area contributed by atoms with Crippen molar-refractivity contribution >= 4 is 0 Å². The molecule has 0 saturated heterocycles. The van der Waals surface area contributed by atoms with Crippen molar-refractivity contribution in [2.45, 2.75) is 64.4 Å². The van der Waals surface area contributed by atoms with E-state index in [0.717, 1.165) is 32.1 Å². The zero-order valence-corrected chi connectivity index (χ0v) is 11.9. The van der Waals surface area contributed by atoms with Crippen molar-refractivity contribution in [3.63, 3.8) is 0 Å². The molecule has 0 saturated carbocycles. The first-order chi connectivity index (χ1) is 8.60. The number of hydrogen-bond donors (Lipinski definition) is 1. The molecule has 1 N–H and O–H groups in total. The maximum atomic E-state index is 11.1. The number of aliphatic hydroxyl groups is 1. The van der Waals surface area contributed by atoms with E-state index in [9.17, 15) is 5.11 Å². The zero-order valence-electron chi connectivity index (χ0n) is 11.9. The molecule has 0 spiro atoms. The largest absolute Gasteiger partial charge is 0.385 e. The van der Waals surface area contributed by atoms with Gasteiger partial charge in [0.15, 0.2) is 0 Å². The molecule has 0 bridgehead atoms. The van der Waals surface area contributed by atoms with Crippen LogP contribution in [0, 0.1) is 5.92 Å². The molecule has 0 fully saturated rings. The molecule has 0 aromatic heterocycles. The van der Waals surface area contributed by atoms with Gasteiger partial charge in [0.05, 0.1) is 5.60 Å². The standard InChI is InChI=1S/C17H26O/c1-4-14(5-2)12-17(18)11-10-13(3)15-8-6-7-9-16(15)17/h6-9,13-14,18H,4-5,10-12H2,1-3H3. The van der Waals surface area contributed by atoms with Gasteiger partial charge in [0.1, 0.15) is 0 Å². The van der Waals surface area contributed by atoms with Crippen LogP contribution in [0.25, 0.3) is 0 Å². The maximum absolute atomic E-state index is 11.1. The van der Waals surface area contributed by atoms with Crippen LogP contribution in [0.5, 0.6) is 0 Å². The molecule has 0 heterocycles. The Morgan fingerprint density at radius 3 is 2.61 bits per heavy atom. The van der Waals surface area contributed by atoms with Crippen LogP contribution in [0.15, 0.2) is 24.3 Å². The monoisotopic (exact) mass is 246 g/mol. The fourth-order valence-electron chi connectivity index (χ4n) is 3.36. The first kappa shape index (κ1) is 13.6. The number of benzene rings is 1. The molecule has 1 aromatic carbocycles. The molecule has 100 valence electrons. The summed E-state index contributed by atoms with van der Waals surface area (Å²) in [5.74, 6) is 1.22. The van der Waals surface area contributed by atoms with E-state index in [1.165, 1.54) is 11.1 Å². The Hall–Kier alpha value is -0.820. The van der Waals surface area contributed by atoms with Gasteiger partial charge in [0.25, 0.3) is 0 Å². The highest BCUT2D eigenvalue weighted by molar-refractivity contribution is 5.37. The van der Waals surface area contributed by atoms with Gasteiger partial charge in [-0.1, -0.05) is 57.9 Å². The summed E-state index contributed by atoms with van der Waals surface area (Å²) in [6, 6.07) is 8.48. The van der Waals surface area contributed by atoms with Crippen LogP contribution in [0.2, 0.25) is 0 Å². The lowest BCUT2D eigenvalue weighted by Crippen LogP contribution is -2.33. The molecular formula is C17H26O. The first-order valence-electron chi connectivity index (χ1n) is 7.42. The third-order valence-corrected chi connectivity index (χ3v) is 4.77. The van der Waals surface area contributed by atoms with Gasteiger partial charge in [-0.05, 0) is 42.2 Å². The number of rotatable bonds is 4. The normalized spacial score (nSPS) is 27.3. The molecule has 1 nitrogen and oxygen atoms in total. The van der Waals surface area contributed by atoms with E-state index < -0.39 is 5.60 Å². The minimum Gasteiger partial charge on any atom is -0.385 e. The quantitative estimate of drug-likeness (QED) is 0.823. The Morgan fingerprint density at radius 2 is 1.94 bits per heavy atom. The Bertz CT molecular complexity index is 394. The Kier molecular flexibility index (Phi) is 4.11. The van der Waals surface area contributed by atoms with E-state index >= 15 is 0 Å². The van der Waals surface area contributed by atoms with Crippen molar-refractivity contribution in [3.8, 4) is 0 Å². The van der Waals surface area contributed by atoms with Crippen LogP contribution < -0.4 is 0 Å². The number of hydrogen-bond acceptors (Lipinski definition) is 1. The zero-order chi connectivity index (χ0) is 13.2. The van der Waals surface area contributed by atoms with Crippen molar-refractivity contribution in [1.29, 1.82) is 0 Å². The van der Waals surface area contributed by atoms with E-state index in [1.54, 1.807) is 0 Å². The summed E-state index contributed by atoms with van der Waals surface area (Å²) >= 11 is 0. The summed E-state index contributed by atoms with van der Waals surface area (Å²) in [6.45, 7) is 6.74. The fraction of sp³-hybridized carbons (Fsp3) is 0.647. The molecular weight excluding hydrogens is 220 g/mol. The lowest BCUT2D eigenvalue weighted by molar-refractivity contribution is -0.00924. The molecule has 2 rings (SSSR count). The van der Waals surface area contributed by atoms with Gasteiger partial charge >= 0.3 is 0 Å². The van der Waals surface area contributed by atoms with Gasteiger partial charge in [-0.2, -0.15) is 0 Å². The second-order valence-corrected chi connectivity index (χ2v) is 5.95. The van der Waals surface area contributed by atoms with Gasteiger partial charge in [-0.25, -0.2) is 0 Å². The molecule has 1 aromatic rings. The minimum absolute atomic E-state index is 0.584. The molecule has 0 aliphatic heterocycles. The van der Waals surface area contributed by atoms with E-state index in [-0.39, 0.29) is 0 Å². The van der Waals surface area contributed by atoms with Crippen LogP contribution in [0.1, 0.15) is 69.9 Å². The highest BCUT2D eigenvalue weighted by atomic mass is 16.3. The third-order valence-electron chi connectivity index (χ3n) is 4.77. The summed E-state index contributed by atoms with van der Waals surface area (Å²) < 4.78 is 0. The Labute approximate surface area is 111 Å². The first-order valence-corrected chi connectivity index (χ1v) is 7.42. The van der Waals surface area contributed by atoms with Gasteiger partial charge in [-0.15, -0.1) is 0 Å². The molecule has 1 heteroatoms. The fourth-order valence-corrected chi connectivity index (χ4v) is 3.36.